The van der Waals surface area contributed by atoms with Crippen LogP contribution in [-0.4, -0.2) is 28.1 Å². The zero-order valence-electron chi connectivity index (χ0n) is 14.8. The van der Waals surface area contributed by atoms with E-state index in [4.69, 9.17) is 22.1 Å². The van der Waals surface area contributed by atoms with Crippen LogP contribution in [-0.2, 0) is 0 Å². The molecule has 3 rings (SSSR count). The number of hydrogen-bond donors (Lipinski definition) is 2. The number of anilines is 2. The Morgan fingerprint density at radius 1 is 1.24 bits per heavy atom. The SMILES string of the molecule is COc1nccc(-c2cnc(N)nc2NC2CCC(C)(C)CC2)c1Cl. The minimum absolute atomic E-state index is 0.236. The van der Waals surface area contributed by atoms with Gasteiger partial charge >= 0.3 is 0 Å². The minimum Gasteiger partial charge on any atom is -0.480 e. The topological polar surface area (TPSA) is 86.0 Å². The summed E-state index contributed by atoms with van der Waals surface area (Å²) in [4.78, 5) is 12.7. The zero-order chi connectivity index (χ0) is 18.0. The van der Waals surface area contributed by atoms with Gasteiger partial charge in [-0.25, -0.2) is 9.97 Å². The summed E-state index contributed by atoms with van der Waals surface area (Å²) in [5, 5.41) is 3.98. The van der Waals surface area contributed by atoms with E-state index in [1.165, 1.54) is 12.8 Å². The highest BCUT2D eigenvalue weighted by atomic mass is 35.5. The van der Waals surface area contributed by atoms with E-state index in [0.29, 0.717) is 28.2 Å². The van der Waals surface area contributed by atoms with Crippen molar-refractivity contribution < 1.29 is 4.74 Å². The van der Waals surface area contributed by atoms with Gasteiger partial charge in [0.05, 0.1) is 7.11 Å². The van der Waals surface area contributed by atoms with Crippen molar-refractivity contribution in [1.29, 1.82) is 0 Å². The third-order valence-electron chi connectivity index (χ3n) is 4.83. The average molecular weight is 362 g/mol. The average Bonchev–Trinajstić information content (AvgIpc) is 2.58. The maximum Gasteiger partial charge on any atom is 0.232 e. The molecule has 0 aliphatic heterocycles. The van der Waals surface area contributed by atoms with Gasteiger partial charge < -0.3 is 15.8 Å². The summed E-state index contributed by atoms with van der Waals surface area (Å²) in [5.74, 6) is 1.31. The molecule has 1 aliphatic rings. The van der Waals surface area contributed by atoms with Gasteiger partial charge in [-0.1, -0.05) is 25.4 Å². The number of pyridine rings is 1. The highest BCUT2D eigenvalue weighted by molar-refractivity contribution is 6.34. The van der Waals surface area contributed by atoms with Crippen molar-refractivity contribution in [2.45, 2.75) is 45.6 Å². The predicted octanol–water partition coefficient (Wildman–Crippen LogP) is 4.16. The lowest BCUT2D eigenvalue weighted by atomic mass is 9.75. The maximum atomic E-state index is 6.43. The molecule has 1 saturated carbocycles. The monoisotopic (exact) mass is 361 g/mol. The summed E-state index contributed by atoms with van der Waals surface area (Å²) in [7, 11) is 1.54. The normalized spacial score (nSPS) is 17.3. The van der Waals surface area contributed by atoms with Crippen LogP contribution in [0.4, 0.5) is 11.8 Å². The lowest BCUT2D eigenvalue weighted by Gasteiger charge is -2.35. The number of aromatic nitrogens is 3. The second kappa shape index (κ2) is 7.04. The highest BCUT2D eigenvalue weighted by Crippen LogP contribution is 2.39. The van der Waals surface area contributed by atoms with E-state index >= 15 is 0 Å². The summed E-state index contributed by atoms with van der Waals surface area (Å²) >= 11 is 6.43. The molecular weight excluding hydrogens is 338 g/mol. The molecule has 2 aromatic rings. The van der Waals surface area contributed by atoms with Gasteiger partial charge in [-0.3, -0.25) is 0 Å². The molecule has 134 valence electrons. The van der Waals surface area contributed by atoms with Crippen LogP contribution in [0.15, 0.2) is 18.5 Å². The number of ether oxygens (including phenoxy) is 1. The molecule has 3 N–H and O–H groups in total. The number of nitrogens with two attached hydrogens (primary N) is 1. The first-order valence-electron chi connectivity index (χ1n) is 8.47. The van der Waals surface area contributed by atoms with Gasteiger partial charge in [-0.05, 0) is 37.2 Å². The van der Waals surface area contributed by atoms with Crippen LogP contribution in [0.5, 0.6) is 5.88 Å². The molecule has 1 fully saturated rings. The van der Waals surface area contributed by atoms with Crippen molar-refractivity contribution in [1.82, 2.24) is 15.0 Å². The Labute approximate surface area is 153 Å². The van der Waals surface area contributed by atoms with Gasteiger partial charge in [0.2, 0.25) is 11.8 Å². The molecule has 0 amide bonds. The zero-order valence-corrected chi connectivity index (χ0v) is 15.6. The largest absolute Gasteiger partial charge is 0.480 e. The van der Waals surface area contributed by atoms with E-state index in [0.717, 1.165) is 24.0 Å². The number of nitrogens with zero attached hydrogens (tertiary/aromatic N) is 3. The van der Waals surface area contributed by atoms with Crippen molar-refractivity contribution >= 4 is 23.4 Å². The lowest BCUT2D eigenvalue weighted by Crippen LogP contribution is -2.30. The van der Waals surface area contributed by atoms with Gasteiger partial charge in [0.15, 0.2) is 0 Å². The first-order chi connectivity index (χ1) is 11.9. The van der Waals surface area contributed by atoms with Crippen LogP contribution < -0.4 is 15.8 Å². The smallest absolute Gasteiger partial charge is 0.232 e. The molecule has 7 heteroatoms. The molecule has 0 saturated heterocycles. The summed E-state index contributed by atoms with van der Waals surface area (Å²) in [6, 6.07) is 2.19. The number of hydrogen-bond acceptors (Lipinski definition) is 6. The van der Waals surface area contributed by atoms with Crippen LogP contribution >= 0.6 is 11.6 Å². The third-order valence-corrected chi connectivity index (χ3v) is 5.19. The Hall–Kier alpha value is -2.08. The number of nitrogens with one attached hydrogen (secondary N) is 1. The molecule has 6 nitrogen and oxygen atoms in total. The van der Waals surface area contributed by atoms with E-state index in [2.05, 4.69) is 34.1 Å². The lowest BCUT2D eigenvalue weighted by molar-refractivity contribution is 0.232. The van der Waals surface area contributed by atoms with Crippen molar-refractivity contribution in [3.63, 3.8) is 0 Å². The molecule has 0 aromatic carbocycles. The fourth-order valence-corrected chi connectivity index (χ4v) is 3.51. The minimum atomic E-state index is 0.236. The first kappa shape index (κ1) is 17.7. The summed E-state index contributed by atoms with van der Waals surface area (Å²) < 4.78 is 5.21. The van der Waals surface area contributed by atoms with Crippen molar-refractivity contribution in [2.75, 3.05) is 18.2 Å². The van der Waals surface area contributed by atoms with Crippen molar-refractivity contribution in [2.24, 2.45) is 5.41 Å². The van der Waals surface area contributed by atoms with E-state index in [1.54, 1.807) is 19.5 Å². The second-order valence-electron chi connectivity index (χ2n) is 7.26. The van der Waals surface area contributed by atoms with E-state index in [-0.39, 0.29) is 5.95 Å². The van der Waals surface area contributed by atoms with Crippen molar-refractivity contribution in [3.8, 4) is 17.0 Å². The summed E-state index contributed by atoms with van der Waals surface area (Å²) in [6.07, 6.45) is 7.92. The van der Waals surface area contributed by atoms with E-state index in [1.807, 2.05) is 6.07 Å². The Bertz CT molecular complexity index is 755. The first-order valence-corrected chi connectivity index (χ1v) is 8.85. The third kappa shape index (κ3) is 3.95. The molecule has 1 aliphatic carbocycles. The highest BCUT2D eigenvalue weighted by Gasteiger charge is 2.27. The predicted molar refractivity (Wildman–Crippen MR) is 101 cm³/mol. The fourth-order valence-electron chi connectivity index (χ4n) is 3.21. The van der Waals surface area contributed by atoms with Crippen molar-refractivity contribution in [3.05, 3.63) is 23.5 Å². The Balaban J connectivity index is 1.92. The van der Waals surface area contributed by atoms with Gasteiger partial charge in [0, 0.05) is 29.6 Å². The number of rotatable bonds is 4. The number of methoxy groups -OCH3 is 1. The molecule has 0 bridgehead atoms. The standard InChI is InChI=1S/C18H24ClN5O/c1-18(2)7-4-11(5-8-18)23-15-13(10-22-17(20)24-15)12-6-9-21-16(25-3)14(12)19/h6,9-11H,4-5,7-8H2,1-3H3,(H3,20,22,23,24). The molecular formula is C18H24ClN5O. The van der Waals surface area contributed by atoms with Gasteiger partial charge in [0.25, 0.3) is 0 Å². The molecule has 0 atom stereocenters. The van der Waals surface area contributed by atoms with Crippen LogP contribution in [0.1, 0.15) is 39.5 Å². The van der Waals surface area contributed by atoms with Gasteiger partial charge in [-0.15, -0.1) is 0 Å². The maximum absolute atomic E-state index is 6.43. The van der Waals surface area contributed by atoms with E-state index < -0.39 is 0 Å². The van der Waals surface area contributed by atoms with Crippen LogP contribution in [0.25, 0.3) is 11.1 Å². The Morgan fingerprint density at radius 3 is 2.64 bits per heavy atom. The summed E-state index contributed by atoms with van der Waals surface area (Å²) in [5.41, 5.74) is 7.79. The van der Waals surface area contributed by atoms with Crippen LogP contribution in [0.3, 0.4) is 0 Å². The van der Waals surface area contributed by atoms with Gasteiger partial charge in [0.1, 0.15) is 10.8 Å². The molecule has 25 heavy (non-hydrogen) atoms. The quantitative estimate of drug-likeness (QED) is 0.850. The fraction of sp³-hybridized carbons (Fsp3) is 0.500. The van der Waals surface area contributed by atoms with Gasteiger partial charge in [-0.2, -0.15) is 4.98 Å². The van der Waals surface area contributed by atoms with Crippen LogP contribution in [0.2, 0.25) is 5.02 Å². The van der Waals surface area contributed by atoms with E-state index in [9.17, 15) is 0 Å². The molecule has 0 unspecified atom stereocenters. The molecule has 0 radical (unpaired) electrons. The second-order valence-corrected chi connectivity index (χ2v) is 7.63. The molecule has 2 aromatic heterocycles. The molecule has 0 spiro atoms. The number of nitrogen functional groups attached to an aromatic ring is 1. The Kier molecular flexibility index (Phi) is 4.99. The molecule has 2 heterocycles. The Morgan fingerprint density at radius 2 is 1.96 bits per heavy atom. The summed E-state index contributed by atoms with van der Waals surface area (Å²) in [6.45, 7) is 4.64. The van der Waals surface area contributed by atoms with Crippen LogP contribution in [0, 0.1) is 5.41 Å². The number of halogens is 1.